The predicted octanol–water partition coefficient (Wildman–Crippen LogP) is 4.47. The van der Waals surface area contributed by atoms with Crippen LogP contribution < -0.4 is 5.56 Å². The average Bonchev–Trinajstić information content (AvgIpc) is 3.05. The number of hydrogen-bond donors (Lipinski definition) is 0. The van der Waals surface area contributed by atoms with Crippen molar-refractivity contribution in [2.24, 2.45) is 0 Å². The number of halogens is 1. The van der Waals surface area contributed by atoms with E-state index in [1.54, 1.807) is 10.6 Å². The SMILES string of the molecule is Cc1nc2ccccc2c(=O)n1-c1nc(-c2ccc(Cl)cc2)cs1. The fourth-order valence-corrected chi connectivity index (χ4v) is 3.59. The Kier molecular flexibility index (Phi) is 3.67. The summed E-state index contributed by atoms with van der Waals surface area (Å²) in [6.07, 6.45) is 0. The van der Waals surface area contributed by atoms with Crippen molar-refractivity contribution in [3.63, 3.8) is 0 Å². The lowest BCUT2D eigenvalue weighted by Crippen LogP contribution is -2.22. The Morgan fingerprint density at radius 3 is 2.58 bits per heavy atom. The molecule has 6 heteroatoms. The van der Waals surface area contributed by atoms with Gasteiger partial charge in [0.15, 0.2) is 5.13 Å². The van der Waals surface area contributed by atoms with Crippen molar-refractivity contribution in [3.8, 4) is 16.4 Å². The number of hydrogen-bond acceptors (Lipinski definition) is 4. The summed E-state index contributed by atoms with van der Waals surface area (Å²) in [5.74, 6) is 0.621. The Morgan fingerprint density at radius 1 is 1.04 bits per heavy atom. The Bertz CT molecular complexity index is 1100. The first kappa shape index (κ1) is 15.1. The van der Waals surface area contributed by atoms with Crippen molar-refractivity contribution in [1.82, 2.24) is 14.5 Å². The standard InChI is InChI=1S/C18H12ClN3OS/c1-11-20-15-5-3-2-4-14(15)17(23)22(11)18-21-16(10-24-18)12-6-8-13(19)9-7-12/h2-10H,1H3. The zero-order chi connectivity index (χ0) is 16.7. The predicted molar refractivity (Wildman–Crippen MR) is 98.2 cm³/mol. The molecule has 0 amide bonds. The summed E-state index contributed by atoms with van der Waals surface area (Å²) < 4.78 is 1.56. The van der Waals surface area contributed by atoms with Crippen LogP contribution in [-0.4, -0.2) is 14.5 Å². The number of rotatable bonds is 2. The van der Waals surface area contributed by atoms with Gasteiger partial charge in [0.1, 0.15) is 5.82 Å². The minimum absolute atomic E-state index is 0.102. The first-order valence-corrected chi connectivity index (χ1v) is 8.59. The van der Waals surface area contributed by atoms with Crippen LogP contribution in [0.3, 0.4) is 0 Å². The highest BCUT2D eigenvalue weighted by Crippen LogP contribution is 2.25. The van der Waals surface area contributed by atoms with E-state index >= 15 is 0 Å². The molecule has 2 aromatic heterocycles. The number of benzene rings is 2. The molecule has 0 saturated heterocycles. The van der Waals surface area contributed by atoms with E-state index in [-0.39, 0.29) is 5.56 Å². The summed E-state index contributed by atoms with van der Waals surface area (Å²) in [5.41, 5.74) is 2.37. The molecule has 0 spiro atoms. The molecule has 0 unspecified atom stereocenters. The largest absolute Gasteiger partial charge is 0.268 e. The van der Waals surface area contributed by atoms with Gasteiger partial charge in [-0.2, -0.15) is 0 Å². The quantitative estimate of drug-likeness (QED) is 0.534. The molecule has 4 rings (SSSR count). The van der Waals surface area contributed by atoms with E-state index < -0.39 is 0 Å². The topological polar surface area (TPSA) is 47.8 Å². The summed E-state index contributed by atoms with van der Waals surface area (Å²) in [4.78, 5) is 21.9. The van der Waals surface area contributed by atoms with Crippen molar-refractivity contribution < 1.29 is 0 Å². The molecule has 24 heavy (non-hydrogen) atoms. The van der Waals surface area contributed by atoms with Gasteiger partial charge in [-0.15, -0.1) is 11.3 Å². The fourth-order valence-electron chi connectivity index (χ4n) is 2.59. The van der Waals surface area contributed by atoms with Crippen molar-refractivity contribution in [3.05, 3.63) is 75.1 Å². The smallest absolute Gasteiger partial charge is 0.267 e. The molecule has 0 fully saturated rings. The van der Waals surface area contributed by atoms with Gasteiger partial charge >= 0.3 is 0 Å². The number of para-hydroxylation sites is 1. The van der Waals surface area contributed by atoms with Gasteiger partial charge in [-0.1, -0.05) is 35.9 Å². The molecule has 4 aromatic rings. The minimum Gasteiger partial charge on any atom is -0.268 e. The second kappa shape index (κ2) is 5.85. The first-order chi connectivity index (χ1) is 11.6. The van der Waals surface area contributed by atoms with Crippen LogP contribution in [0.5, 0.6) is 0 Å². The maximum atomic E-state index is 12.8. The molecular weight excluding hydrogens is 342 g/mol. The van der Waals surface area contributed by atoms with Crippen molar-refractivity contribution >= 4 is 33.8 Å². The van der Waals surface area contributed by atoms with E-state index in [1.165, 1.54) is 11.3 Å². The highest BCUT2D eigenvalue weighted by Gasteiger charge is 2.13. The van der Waals surface area contributed by atoms with Gasteiger partial charge in [-0.05, 0) is 31.2 Å². The molecule has 0 aliphatic rings. The van der Waals surface area contributed by atoms with Crippen LogP contribution in [0.15, 0.2) is 58.7 Å². The van der Waals surface area contributed by atoms with Crippen LogP contribution in [0, 0.1) is 6.92 Å². The Hall–Kier alpha value is -2.50. The third-order valence-corrected chi connectivity index (χ3v) is 4.84. The van der Waals surface area contributed by atoms with Crippen LogP contribution in [0.4, 0.5) is 0 Å². The maximum Gasteiger partial charge on any atom is 0.267 e. The zero-order valence-corrected chi connectivity index (χ0v) is 14.3. The zero-order valence-electron chi connectivity index (χ0n) is 12.7. The summed E-state index contributed by atoms with van der Waals surface area (Å²) >= 11 is 7.34. The summed E-state index contributed by atoms with van der Waals surface area (Å²) in [5, 5.41) is 3.81. The number of fused-ring (bicyclic) bond motifs is 1. The lowest BCUT2D eigenvalue weighted by Gasteiger charge is -2.07. The van der Waals surface area contributed by atoms with Gasteiger partial charge in [0.2, 0.25) is 0 Å². The molecule has 0 bridgehead atoms. The molecule has 0 N–H and O–H groups in total. The molecule has 118 valence electrons. The van der Waals surface area contributed by atoms with Crippen LogP contribution in [0.1, 0.15) is 5.82 Å². The third kappa shape index (κ3) is 2.52. The summed E-state index contributed by atoms with van der Waals surface area (Å²) in [7, 11) is 0. The lowest BCUT2D eigenvalue weighted by atomic mass is 10.2. The Balaban J connectivity index is 1.87. The second-order valence-electron chi connectivity index (χ2n) is 5.34. The average molecular weight is 354 g/mol. The molecule has 0 saturated carbocycles. The Morgan fingerprint density at radius 2 is 1.79 bits per heavy atom. The van der Waals surface area contributed by atoms with Crippen LogP contribution in [-0.2, 0) is 0 Å². The Labute approximate surface area is 147 Å². The number of aryl methyl sites for hydroxylation is 1. The van der Waals surface area contributed by atoms with Crippen molar-refractivity contribution in [2.45, 2.75) is 6.92 Å². The first-order valence-electron chi connectivity index (χ1n) is 7.34. The minimum atomic E-state index is -0.102. The molecule has 0 atom stereocenters. The second-order valence-corrected chi connectivity index (χ2v) is 6.61. The third-order valence-electron chi connectivity index (χ3n) is 3.77. The van der Waals surface area contributed by atoms with Crippen LogP contribution in [0.25, 0.3) is 27.3 Å². The van der Waals surface area contributed by atoms with Gasteiger partial charge < -0.3 is 0 Å². The normalized spacial score (nSPS) is 11.1. The van der Waals surface area contributed by atoms with E-state index in [2.05, 4.69) is 9.97 Å². The number of thiazole rings is 1. The highest BCUT2D eigenvalue weighted by atomic mass is 35.5. The van der Waals surface area contributed by atoms with Gasteiger partial charge in [0, 0.05) is 16.0 Å². The van der Waals surface area contributed by atoms with Gasteiger partial charge in [0.05, 0.1) is 16.6 Å². The molecule has 2 aromatic carbocycles. The fraction of sp³-hybridized carbons (Fsp3) is 0.0556. The van der Waals surface area contributed by atoms with E-state index in [4.69, 9.17) is 11.6 Å². The van der Waals surface area contributed by atoms with Crippen molar-refractivity contribution in [2.75, 3.05) is 0 Å². The van der Waals surface area contributed by atoms with Crippen LogP contribution >= 0.6 is 22.9 Å². The molecular formula is C18H12ClN3OS. The van der Waals surface area contributed by atoms with E-state index in [0.717, 1.165) is 11.3 Å². The van der Waals surface area contributed by atoms with Gasteiger partial charge in [0.25, 0.3) is 5.56 Å². The lowest BCUT2D eigenvalue weighted by molar-refractivity contribution is 0.885. The van der Waals surface area contributed by atoms with Gasteiger partial charge in [-0.3, -0.25) is 4.79 Å². The molecule has 0 aliphatic carbocycles. The van der Waals surface area contributed by atoms with E-state index in [0.29, 0.717) is 26.9 Å². The van der Waals surface area contributed by atoms with E-state index in [1.807, 2.05) is 54.8 Å². The summed E-state index contributed by atoms with van der Waals surface area (Å²) in [6, 6.07) is 14.8. The van der Waals surface area contributed by atoms with E-state index in [9.17, 15) is 4.79 Å². The molecule has 2 heterocycles. The highest BCUT2D eigenvalue weighted by molar-refractivity contribution is 7.12. The van der Waals surface area contributed by atoms with Crippen molar-refractivity contribution in [1.29, 1.82) is 0 Å². The molecule has 0 radical (unpaired) electrons. The van der Waals surface area contributed by atoms with Crippen LogP contribution in [0.2, 0.25) is 5.02 Å². The molecule has 0 aliphatic heterocycles. The number of aromatic nitrogens is 3. The van der Waals surface area contributed by atoms with Gasteiger partial charge in [-0.25, -0.2) is 14.5 Å². The summed E-state index contributed by atoms with van der Waals surface area (Å²) in [6.45, 7) is 1.82. The maximum absolute atomic E-state index is 12.8. The monoisotopic (exact) mass is 353 g/mol. The number of nitrogens with zero attached hydrogens (tertiary/aromatic N) is 3. The molecule has 4 nitrogen and oxygen atoms in total.